The van der Waals surface area contributed by atoms with Gasteiger partial charge in [-0.25, -0.2) is 0 Å². The lowest BCUT2D eigenvalue weighted by molar-refractivity contribution is 0.0167. The van der Waals surface area contributed by atoms with Crippen LogP contribution in [0.1, 0.15) is 12.8 Å². The first-order chi connectivity index (χ1) is 5.72. The number of hydrogen-bond acceptors (Lipinski definition) is 4. The molecule has 0 unspecified atom stereocenters. The molecule has 0 aliphatic carbocycles. The number of hydrogen-bond donors (Lipinski definition) is 3. The van der Waals surface area contributed by atoms with E-state index >= 15 is 0 Å². The van der Waals surface area contributed by atoms with Crippen LogP contribution in [0, 0.1) is 0 Å². The van der Waals surface area contributed by atoms with Gasteiger partial charge in [-0.15, -0.1) is 0 Å². The monoisotopic (exact) mass is 175 g/mol. The molecule has 0 fully saturated rings. The molecule has 0 aliphatic rings. The maximum absolute atomic E-state index is 9.13. The molecule has 0 spiro atoms. The molecule has 0 radical (unpaired) electrons. The van der Waals surface area contributed by atoms with Gasteiger partial charge in [0.25, 0.3) is 0 Å². The van der Waals surface area contributed by atoms with Crippen molar-refractivity contribution in [2.75, 3.05) is 13.2 Å². The predicted molar refractivity (Wildman–Crippen MR) is 42.3 cm³/mol. The lowest BCUT2D eigenvalue weighted by Gasteiger charge is -2.14. The van der Waals surface area contributed by atoms with Gasteiger partial charge < -0.3 is 15.3 Å². The summed E-state index contributed by atoms with van der Waals surface area (Å²) >= 11 is 0. The molecule has 0 amide bonds. The predicted octanol–water partition coefficient (Wildman–Crippen LogP) is -0.209. The zero-order chi connectivity index (χ0) is 9.40. The van der Waals surface area contributed by atoms with Crippen LogP contribution in [0.25, 0.3) is 10.4 Å². The molecule has 6 nitrogen and oxygen atoms in total. The summed E-state index contributed by atoms with van der Waals surface area (Å²) in [5.41, 5.74) is 7.90. The maximum Gasteiger partial charge on any atom is 0.0855 e. The minimum Gasteiger partial charge on any atom is -0.396 e. The second-order valence-electron chi connectivity index (χ2n) is 2.41. The van der Waals surface area contributed by atoms with Crippen LogP contribution in [-0.4, -0.2) is 40.7 Å². The van der Waals surface area contributed by atoms with E-state index in [9.17, 15) is 0 Å². The molecule has 0 aromatic heterocycles. The van der Waals surface area contributed by atoms with Gasteiger partial charge in [0.05, 0.1) is 18.8 Å². The van der Waals surface area contributed by atoms with Gasteiger partial charge in [0.1, 0.15) is 0 Å². The molecule has 0 aromatic rings. The van der Waals surface area contributed by atoms with Gasteiger partial charge in [-0.1, -0.05) is 5.11 Å². The highest BCUT2D eigenvalue weighted by atomic mass is 16.3. The standard InChI is InChI=1S/C6H13N3O3/c7-9-8-4-6(12)5(11)2-1-3-10/h5-6,10-12H,1-4H2/t5-,6+/m0/s1. The summed E-state index contributed by atoms with van der Waals surface area (Å²) in [6.45, 7) is -0.158. The fraction of sp³-hybridized carbons (Fsp3) is 1.00. The Bertz CT molecular complexity index is 158. The summed E-state index contributed by atoms with van der Waals surface area (Å²) < 4.78 is 0. The Morgan fingerprint density at radius 1 is 1.33 bits per heavy atom. The molecule has 0 saturated carbocycles. The van der Waals surface area contributed by atoms with E-state index in [1.54, 1.807) is 0 Å². The summed E-state index contributed by atoms with van der Waals surface area (Å²) in [6, 6.07) is 0. The topological polar surface area (TPSA) is 109 Å². The van der Waals surface area contributed by atoms with Crippen LogP contribution < -0.4 is 0 Å². The second-order valence-corrected chi connectivity index (χ2v) is 2.41. The van der Waals surface area contributed by atoms with Gasteiger partial charge in [0, 0.05) is 11.5 Å². The number of aliphatic hydroxyl groups is 3. The van der Waals surface area contributed by atoms with Crippen LogP contribution in [0.3, 0.4) is 0 Å². The van der Waals surface area contributed by atoms with E-state index in [-0.39, 0.29) is 13.2 Å². The van der Waals surface area contributed by atoms with Crippen LogP contribution in [0.4, 0.5) is 0 Å². The van der Waals surface area contributed by atoms with Gasteiger partial charge in [-0.2, -0.15) is 0 Å². The van der Waals surface area contributed by atoms with E-state index in [0.29, 0.717) is 12.8 Å². The Morgan fingerprint density at radius 3 is 2.50 bits per heavy atom. The third-order valence-electron chi connectivity index (χ3n) is 1.43. The highest BCUT2D eigenvalue weighted by Gasteiger charge is 2.13. The first-order valence-electron chi connectivity index (χ1n) is 3.70. The number of azide groups is 1. The van der Waals surface area contributed by atoms with Crippen LogP contribution in [0.15, 0.2) is 5.11 Å². The lowest BCUT2D eigenvalue weighted by Crippen LogP contribution is -2.28. The molecule has 0 rings (SSSR count). The average Bonchev–Trinajstić information content (AvgIpc) is 2.10. The molecule has 0 bridgehead atoms. The Labute approximate surface area is 70.1 Å². The van der Waals surface area contributed by atoms with E-state index in [2.05, 4.69) is 10.0 Å². The maximum atomic E-state index is 9.13. The van der Waals surface area contributed by atoms with Crippen LogP contribution >= 0.6 is 0 Å². The summed E-state index contributed by atoms with van der Waals surface area (Å²) in [7, 11) is 0. The quantitative estimate of drug-likeness (QED) is 0.295. The first-order valence-corrected chi connectivity index (χ1v) is 3.70. The number of nitrogens with zero attached hydrogens (tertiary/aromatic N) is 3. The van der Waals surface area contributed by atoms with E-state index in [4.69, 9.17) is 20.9 Å². The van der Waals surface area contributed by atoms with Crippen molar-refractivity contribution in [2.45, 2.75) is 25.0 Å². The van der Waals surface area contributed by atoms with Crippen molar-refractivity contribution < 1.29 is 15.3 Å². The Kier molecular flexibility index (Phi) is 6.41. The van der Waals surface area contributed by atoms with Crippen molar-refractivity contribution in [3.63, 3.8) is 0 Å². The van der Waals surface area contributed by atoms with Crippen molar-refractivity contribution in [2.24, 2.45) is 5.11 Å². The molecule has 0 aromatic carbocycles. The third-order valence-corrected chi connectivity index (χ3v) is 1.43. The molecule has 0 aliphatic heterocycles. The molecular formula is C6H13N3O3. The molecule has 2 atom stereocenters. The van der Waals surface area contributed by atoms with Gasteiger partial charge in [-0.3, -0.25) is 0 Å². The van der Waals surface area contributed by atoms with E-state index in [1.165, 1.54) is 0 Å². The smallest absolute Gasteiger partial charge is 0.0855 e. The molecule has 70 valence electrons. The summed E-state index contributed by atoms with van der Waals surface area (Å²) in [6.07, 6.45) is -1.23. The molecule has 3 N–H and O–H groups in total. The van der Waals surface area contributed by atoms with Crippen molar-refractivity contribution in [3.05, 3.63) is 10.4 Å². The van der Waals surface area contributed by atoms with Crippen molar-refractivity contribution in [1.29, 1.82) is 0 Å². The minimum absolute atomic E-state index is 0.0225. The van der Waals surface area contributed by atoms with Gasteiger partial charge >= 0.3 is 0 Å². The van der Waals surface area contributed by atoms with E-state index in [1.807, 2.05) is 0 Å². The minimum atomic E-state index is -1.03. The molecule has 0 saturated heterocycles. The highest BCUT2D eigenvalue weighted by molar-refractivity contribution is 4.69. The fourth-order valence-corrected chi connectivity index (χ4v) is 0.735. The lowest BCUT2D eigenvalue weighted by atomic mass is 10.1. The molecular weight excluding hydrogens is 162 g/mol. The van der Waals surface area contributed by atoms with Crippen LogP contribution in [0.5, 0.6) is 0 Å². The Hall–Kier alpha value is -0.810. The third kappa shape index (κ3) is 4.92. The normalized spacial score (nSPS) is 14.9. The Morgan fingerprint density at radius 2 is 2.00 bits per heavy atom. The SMILES string of the molecule is [N-]=[N+]=NC[C@@H](O)[C@@H](O)CCCO. The number of rotatable bonds is 6. The summed E-state index contributed by atoms with van der Waals surface area (Å²) in [4.78, 5) is 2.44. The number of aliphatic hydroxyl groups excluding tert-OH is 3. The zero-order valence-corrected chi connectivity index (χ0v) is 6.67. The largest absolute Gasteiger partial charge is 0.396 e. The van der Waals surface area contributed by atoms with Crippen molar-refractivity contribution in [3.8, 4) is 0 Å². The molecule has 6 heteroatoms. The van der Waals surface area contributed by atoms with Gasteiger partial charge in [0.15, 0.2) is 0 Å². The van der Waals surface area contributed by atoms with Gasteiger partial charge in [-0.05, 0) is 18.4 Å². The van der Waals surface area contributed by atoms with Crippen LogP contribution in [0.2, 0.25) is 0 Å². The average molecular weight is 175 g/mol. The van der Waals surface area contributed by atoms with Crippen molar-refractivity contribution in [1.82, 2.24) is 0 Å². The summed E-state index contributed by atoms with van der Waals surface area (Å²) in [5, 5.41) is 29.7. The summed E-state index contributed by atoms with van der Waals surface area (Å²) in [5.74, 6) is 0. The van der Waals surface area contributed by atoms with Crippen molar-refractivity contribution >= 4 is 0 Å². The van der Waals surface area contributed by atoms with E-state index < -0.39 is 12.2 Å². The fourth-order valence-electron chi connectivity index (χ4n) is 0.735. The highest BCUT2D eigenvalue weighted by Crippen LogP contribution is 2.02. The zero-order valence-electron chi connectivity index (χ0n) is 6.67. The molecule has 0 heterocycles. The second kappa shape index (κ2) is 6.87. The first kappa shape index (κ1) is 11.2. The van der Waals surface area contributed by atoms with Gasteiger partial charge in [0.2, 0.25) is 0 Å². The van der Waals surface area contributed by atoms with E-state index in [0.717, 1.165) is 0 Å². The van der Waals surface area contributed by atoms with Crippen LogP contribution in [-0.2, 0) is 0 Å². The molecule has 12 heavy (non-hydrogen) atoms. The Balaban J connectivity index is 3.59.